The van der Waals surface area contributed by atoms with Crippen molar-refractivity contribution >= 4 is 16.9 Å². The highest BCUT2D eigenvalue weighted by molar-refractivity contribution is 5.99. The number of nitrogens with one attached hydrogen (secondary N) is 1. The molecule has 0 saturated carbocycles. The van der Waals surface area contributed by atoms with Gasteiger partial charge in [-0.1, -0.05) is 30.3 Å². The van der Waals surface area contributed by atoms with Gasteiger partial charge in [0, 0.05) is 11.9 Å². The first-order valence-electron chi connectivity index (χ1n) is 7.71. The van der Waals surface area contributed by atoms with Gasteiger partial charge in [-0.3, -0.25) is 4.79 Å². The lowest BCUT2D eigenvalue weighted by Gasteiger charge is -2.13. The first-order chi connectivity index (χ1) is 12.0. The SMILES string of the molecule is Cc1c(C(=O)NC[C@@H](O)c2cccc(F)c2)c(=O)oc2ccccc12. The van der Waals surface area contributed by atoms with Crippen LogP contribution in [0.2, 0.25) is 0 Å². The fourth-order valence-electron chi connectivity index (χ4n) is 2.68. The van der Waals surface area contributed by atoms with Crippen molar-refractivity contribution in [2.75, 3.05) is 6.54 Å². The molecule has 1 aromatic heterocycles. The highest BCUT2D eigenvalue weighted by atomic mass is 19.1. The van der Waals surface area contributed by atoms with Gasteiger partial charge in [-0.05, 0) is 36.2 Å². The summed E-state index contributed by atoms with van der Waals surface area (Å²) < 4.78 is 18.4. The van der Waals surface area contributed by atoms with Crippen LogP contribution in [0.25, 0.3) is 11.0 Å². The lowest BCUT2D eigenvalue weighted by atomic mass is 10.1. The summed E-state index contributed by atoms with van der Waals surface area (Å²) in [5.74, 6) is -1.12. The van der Waals surface area contributed by atoms with Crippen LogP contribution in [0.5, 0.6) is 0 Å². The normalized spacial score (nSPS) is 12.1. The number of para-hydroxylation sites is 1. The van der Waals surface area contributed by atoms with Crippen molar-refractivity contribution in [1.29, 1.82) is 0 Å². The second kappa shape index (κ2) is 6.86. The van der Waals surface area contributed by atoms with Crippen molar-refractivity contribution in [2.45, 2.75) is 13.0 Å². The predicted molar refractivity (Wildman–Crippen MR) is 90.9 cm³/mol. The average molecular weight is 341 g/mol. The topological polar surface area (TPSA) is 79.5 Å². The van der Waals surface area contributed by atoms with Crippen LogP contribution in [0.1, 0.15) is 27.6 Å². The molecule has 0 radical (unpaired) electrons. The van der Waals surface area contributed by atoms with Gasteiger partial charge in [0.25, 0.3) is 5.91 Å². The summed E-state index contributed by atoms with van der Waals surface area (Å²) in [4.78, 5) is 24.5. The van der Waals surface area contributed by atoms with Crippen LogP contribution in [-0.2, 0) is 0 Å². The number of aliphatic hydroxyl groups is 1. The van der Waals surface area contributed by atoms with E-state index in [1.165, 1.54) is 18.2 Å². The lowest BCUT2D eigenvalue weighted by Crippen LogP contribution is -2.32. The smallest absolute Gasteiger partial charge is 0.349 e. The van der Waals surface area contributed by atoms with Crippen molar-refractivity contribution in [3.63, 3.8) is 0 Å². The van der Waals surface area contributed by atoms with Gasteiger partial charge in [0.15, 0.2) is 0 Å². The molecular formula is C19H16FNO4. The Bertz CT molecular complexity index is 996. The third-order valence-electron chi connectivity index (χ3n) is 3.99. The molecule has 5 nitrogen and oxygen atoms in total. The van der Waals surface area contributed by atoms with E-state index >= 15 is 0 Å². The van der Waals surface area contributed by atoms with Gasteiger partial charge in [0.2, 0.25) is 0 Å². The van der Waals surface area contributed by atoms with Crippen molar-refractivity contribution in [2.24, 2.45) is 0 Å². The van der Waals surface area contributed by atoms with E-state index in [0.717, 1.165) is 0 Å². The van der Waals surface area contributed by atoms with Crippen LogP contribution in [0.4, 0.5) is 4.39 Å². The van der Waals surface area contributed by atoms with E-state index in [-0.39, 0.29) is 12.1 Å². The molecule has 0 spiro atoms. The second-order valence-electron chi connectivity index (χ2n) is 5.67. The second-order valence-corrected chi connectivity index (χ2v) is 5.67. The largest absolute Gasteiger partial charge is 0.422 e. The number of rotatable bonds is 4. The standard InChI is InChI=1S/C19H16FNO4/c1-11-14-7-2-3-8-16(14)25-19(24)17(11)18(23)21-10-15(22)12-5-4-6-13(20)9-12/h2-9,15,22H,10H2,1H3,(H,21,23)/t15-/m1/s1. The predicted octanol–water partition coefficient (Wildman–Crippen LogP) is 2.70. The number of halogens is 1. The monoisotopic (exact) mass is 341 g/mol. The van der Waals surface area contributed by atoms with Gasteiger partial charge in [0.1, 0.15) is 17.0 Å². The number of hydrogen-bond donors (Lipinski definition) is 2. The fraction of sp³-hybridized carbons (Fsp3) is 0.158. The van der Waals surface area contributed by atoms with Crippen molar-refractivity contribution in [3.05, 3.63) is 81.5 Å². The number of aliphatic hydroxyl groups excluding tert-OH is 1. The van der Waals surface area contributed by atoms with Gasteiger partial charge in [0.05, 0.1) is 6.10 Å². The van der Waals surface area contributed by atoms with Gasteiger partial charge in [-0.25, -0.2) is 9.18 Å². The maximum atomic E-state index is 13.2. The number of benzene rings is 2. The van der Waals surface area contributed by atoms with E-state index in [4.69, 9.17) is 4.42 Å². The zero-order valence-corrected chi connectivity index (χ0v) is 13.5. The van der Waals surface area contributed by atoms with Crippen LogP contribution >= 0.6 is 0 Å². The molecule has 1 heterocycles. The summed E-state index contributed by atoms with van der Waals surface area (Å²) in [7, 11) is 0. The zero-order valence-electron chi connectivity index (χ0n) is 13.5. The third-order valence-corrected chi connectivity index (χ3v) is 3.99. The molecule has 0 aliphatic heterocycles. The molecule has 3 rings (SSSR count). The molecule has 0 fully saturated rings. The van der Waals surface area contributed by atoms with Crippen molar-refractivity contribution in [3.8, 4) is 0 Å². The molecule has 25 heavy (non-hydrogen) atoms. The quantitative estimate of drug-likeness (QED) is 0.715. The molecule has 3 aromatic rings. The Labute approximate surface area is 142 Å². The van der Waals surface area contributed by atoms with Gasteiger partial charge in [-0.2, -0.15) is 0 Å². The molecule has 1 amide bonds. The van der Waals surface area contributed by atoms with Gasteiger partial charge in [-0.15, -0.1) is 0 Å². The Morgan fingerprint density at radius 1 is 1.24 bits per heavy atom. The van der Waals surface area contributed by atoms with E-state index in [1.54, 1.807) is 37.3 Å². The summed E-state index contributed by atoms with van der Waals surface area (Å²) in [5.41, 5.74) is 0.396. The first-order valence-corrected chi connectivity index (χ1v) is 7.71. The van der Waals surface area contributed by atoms with Crippen molar-refractivity contribution in [1.82, 2.24) is 5.32 Å². The van der Waals surface area contributed by atoms with E-state index in [9.17, 15) is 19.1 Å². The molecule has 2 N–H and O–H groups in total. The first kappa shape index (κ1) is 16.9. The van der Waals surface area contributed by atoms with Crippen molar-refractivity contribution < 1.29 is 18.7 Å². The molecular weight excluding hydrogens is 325 g/mol. The molecule has 0 aliphatic carbocycles. The number of carbonyl (C=O) groups is 1. The zero-order chi connectivity index (χ0) is 18.0. The van der Waals surface area contributed by atoms with Crippen LogP contribution in [0.3, 0.4) is 0 Å². The summed E-state index contributed by atoms with van der Waals surface area (Å²) in [6.45, 7) is 1.51. The average Bonchev–Trinajstić information content (AvgIpc) is 2.59. The highest BCUT2D eigenvalue weighted by Gasteiger charge is 2.19. The number of carbonyl (C=O) groups excluding carboxylic acids is 1. The van der Waals surface area contributed by atoms with E-state index < -0.39 is 23.5 Å². The Hall–Kier alpha value is -2.99. The van der Waals surface area contributed by atoms with Gasteiger partial charge < -0.3 is 14.8 Å². The maximum Gasteiger partial charge on any atom is 0.349 e. The molecule has 0 saturated heterocycles. The minimum Gasteiger partial charge on any atom is -0.422 e. The molecule has 0 bridgehead atoms. The van der Waals surface area contributed by atoms with Gasteiger partial charge >= 0.3 is 5.63 Å². The Balaban J connectivity index is 1.82. The van der Waals surface area contributed by atoms with Crippen LogP contribution < -0.4 is 10.9 Å². The molecule has 6 heteroatoms. The van der Waals surface area contributed by atoms with E-state index in [0.29, 0.717) is 22.1 Å². The minimum atomic E-state index is -1.09. The molecule has 0 unspecified atom stereocenters. The number of aryl methyl sites for hydroxylation is 1. The fourth-order valence-corrected chi connectivity index (χ4v) is 2.68. The maximum absolute atomic E-state index is 13.2. The van der Waals surface area contributed by atoms with Crippen LogP contribution in [-0.4, -0.2) is 17.6 Å². The van der Waals surface area contributed by atoms with Crippen LogP contribution in [0.15, 0.2) is 57.7 Å². The molecule has 1 atom stereocenters. The van der Waals surface area contributed by atoms with Crippen LogP contribution in [0, 0.1) is 12.7 Å². The number of hydrogen-bond acceptors (Lipinski definition) is 4. The summed E-state index contributed by atoms with van der Waals surface area (Å²) >= 11 is 0. The lowest BCUT2D eigenvalue weighted by molar-refractivity contribution is 0.0912. The van der Waals surface area contributed by atoms with E-state index in [2.05, 4.69) is 5.32 Å². The minimum absolute atomic E-state index is 0.106. The third kappa shape index (κ3) is 3.44. The number of amides is 1. The number of fused-ring (bicyclic) bond motifs is 1. The molecule has 128 valence electrons. The Kier molecular flexibility index (Phi) is 4.63. The molecule has 2 aromatic carbocycles. The highest BCUT2D eigenvalue weighted by Crippen LogP contribution is 2.19. The van der Waals surface area contributed by atoms with E-state index in [1.807, 2.05) is 0 Å². The summed E-state index contributed by atoms with van der Waals surface area (Å²) in [6.07, 6.45) is -1.09. The Morgan fingerprint density at radius 2 is 2.00 bits per heavy atom. The summed E-state index contributed by atoms with van der Waals surface area (Å²) in [5, 5.41) is 13.2. The Morgan fingerprint density at radius 3 is 2.76 bits per heavy atom. The molecule has 0 aliphatic rings. The summed E-state index contributed by atoms with van der Waals surface area (Å²) in [6, 6.07) is 12.4.